The zero-order chi connectivity index (χ0) is 18.4. The average molecular weight is 340 g/mol. The number of nitrogens with one attached hydrogen (secondary N) is 1. The number of nitrogens with zero attached hydrogens (tertiary/aromatic N) is 3. The maximum atomic E-state index is 12.9. The predicted molar refractivity (Wildman–Crippen MR) is 103 cm³/mol. The zero-order valence-electron chi connectivity index (χ0n) is 15.8. The second kappa shape index (κ2) is 8.62. The number of carbonyl (C=O) groups excluding carboxylic acids is 1. The number of likely N-dealkylation sites (N-methyl/N-ethyl adjacent to an activating group) is 1. The summed E-state index contributed by atoms with van der Waals surface area (Å²) in [5.41, 5.74) is 5.29. The fourth-order valence-corrected chi connectivity index (χ4v) is 2.85. The van der Waals surface area contributed by atoms with Crippen LogP contribution in [0.25, 0.3) is 0 Å². The Morgan fingerprint density at radius 3 is 2.36 bits per heavy atom. The van der Waals surface area contributed by atoms with E-state index in [0.717, 1.165) is 28.9 Å². The lowest BCUT2D eigenvalue weighted by Gasteiger charge is -2.25. The molecule has 5 heteroatoms. The van der Waals surface area contributed by atoms with E-state index in [-0.39, 0.29) is 6.03 Å². The highest BCUT2D eigenvalue weighted by Crippen LogP contribution is 2.22. The van der Waals surface area contributed by atoms with Crippen LogP contribution in [0.2, 0.25) is 0 Å². The normalized spacial score (nSPS) is 10.8. The van der Waals surface area contributed by atoms with E-state index in [2.05, 4.69) is 34.3 Å². The number of rotatable bonds is 6. The Bertz CT molecular complexity index is 690. The molecule has 0 fully saturated rings. The third-order valence-corrected chi connectivity index (χ3v) is 4.11. The summed E-state index contributed by atoms with van der Waals surface area (Å²) in [7, 11) is 4.02. The summed E-state index contributed by atoms with van der Waals surface area (Å²) in [4.78, 5) is 20.9. The molecule has 25 heavy (non-hydrogen) atoms. The molecule has 1 heterocycles. The van der Waals surface area contributed by atoms with Gasteiger partial charge in [0.1, 0.15) is 0 Å². The van der Waals surface area contributed by atoms with E-state index in [9.17, 15) is 4.79 Å². The van der Waals surface area contributed by atoms with Crippen molar-refractivity contribution in [3.63, 3.8) is 0 Å². The van der Waals surface area contributed by atoms with Crippen LogP contribution < -0.4 is 5.32 Å². The van der Waals surface area contributed by atoms with Gasteiger partial charge in [-0.2, -0.15) is 0 Å². The van der Waals surface area contributed by atoms with Crippen LogP contribution >= 0.6 is 0 Å². The second-order valence-electron chi connectivity index (χ2n) is 6.79. The molecule has 0 aliphatic rings. The molecule has 134 valence electrons. The minimum atomic E-state index is -0.0826. The Morgan fingerprint density at radius 1 is 1.12 bits per heavy atom. The lowest BCUT2D eigenvalue weighted by atomic mass is 10.1. The lowest BCUT2D eigenvalue weighted by molar-refractivity contribution is 0.202. The van der Waals surface area contributed by atoms with Crippen LogP contribution in [0.5, 0.6) is 0 Å². The number of anilines is 1. The molecule has 0 atom stereocenters. The number of hydrogen-bond acceptors (Lipinski definition) is 3. The van der Waals surface area contributed by atoms with Crippen molar-refractivity contribution in [3.8, 4) is 0 Å². The highest BCUT2D eigenvalue weighted by Gasteiger charge is 2.16. The summed E-state index contributed by atoms with van der Waals surface area (Å²) >= 11 is 0. The summed E-state index contributed by atoms with van der Waals surface area (Å²) in [6.45, 7) is 8.12. The first-order chi connectivity index (χ1) is 11.9. The van der Waals surface area contributed by atoms with Crippen LogP contribution in [0.15, 0.2) is 36.7 Å². The molecular weight excluding hydrogens is 312 g/mol. The zero-order valence-corrected chi connectivity index (χ0v) is 15.8. The van der Waals surface area contributed by atoms with Crippen molar-refractivity contribution in [1.82, 2.24) is 14.8 Å². The average Bonchev–Trinajstić information content (AvgIpc) is 2.55. The van der Waals surface area contributed by atoms with Gasteiger partial charge < -0.3 is 15.1 Å². The molecule has 0 saturated carbocycles. The summed E-state index contributed by atoms with van der Waals surface area (Å²) in [5.74, 6) is 0. The number of aromatic nitrogens is 1. The van der Waals surface area contributed by atoms with Gasteiger partial charge >= 0.3 is 6.03 Å². The van der Waals surface area contributed by atoms with E-state index < -0.39 is 0 Å². The van der Waals surface area contributed by atoms with E-state index in [1.54, 1.807) is 12.4 Å². The van der Waals surface area contributed by atoms with E-state index in [0.29, 0.717) is 13.1 Å². The van der Waals surface area contributed by atoms with Crippen molar-refractivity contribution in [1.29, 1.82) is 0 Å². The Kier molecular flexibility index (Phi) is 6.53. The number of benzene rings is 1. The molecule has 1 N–H and O–H groups in total. The molecule has 2 amide bonds. The third kappa shape index (κ3) is 5.57. The van der Waals surface area contributed by atoms with Gasteiger partial charge in [-0.3, -0.25) is 4.98 Å². The summed E-state index contributed by atoms with van der Waals surface area (Å²) < 4.78 is 0. The number of amides is 2. The van der Waals surface area contributed by atoms with Crippen LogP contribution in [-0.4, -0.2) is 48.0 Å². The summed E-state index contributed by atoms with van der Waals surface area (Å²) in [5, 5.41) is 3.10. The van der Waals surface area contributed by atoms with Crippen molar-refractivity contribution < 1.29 is 4.79 Å². The quantitative estimate of drug-likeness (QED) is 0.874. The molecule has 0 bridgehead atoms. The van der Waals surface area contributed by atoms with Crippen LogP contribution in [0.1, 0.15) is 22.3 Å². The van der Waals surface area contributed by atoms with Crippen LogP contribution in [0, 0.1) is 20.8 Å². The topological polar surface area (TPSA) is 48.5 Å². The molecule has 0 radical (unpaired) electrons. The smallest absolute Gasteiger partial charge is 0.319 e. The standard InChI is InChI=1S/C20H28N4O/c1-15-11-16(2)19(17(3)12-15)22-20(25)24(10-9-23(4)5)14-18-7-6-8-21-13-18/h6-8,11-13H,9-10,14H2,1-5H3,(H,22,25). The van der Waals surface area contributed by atoms with E-state index >= 15 is 0 Å². The van der Waals surface area contributed by atoms with E-state index in [1.807, 2.05) is 45.0 Å². The Balaban J connectivity index is 2.17. The summed E-state index contributed by atoms with van der Waals surface area (Å²) in [6.07, 6.45) is 3.55. The van der Waals surface area contributed by atoms with Gasteiger partial charge in [0.2, 0.25) is 0 Å². The molecule has 5 nitrogen and oxygen atoms in total. The van der Waals surface area contributed by atoms with E-state index in [1.165, 1.54) is 5.56 Å². The van der Waals surface area contributed by atoms with Gasteiger partial charge in [-0.05, 0) is 57.6 Å². The predicted octanol–water partition coefficient (Wildman–Crippen LogP) is 3.60. The fourth-order valence-electron chi connectivity index (χ4n) is 2.85. The molecule has 0 aliphatic carbocycles. The van der Waals surface area contributed by atoms with Gasteiger partial charge in [-0.1, -0.05) is 23.8 Å². The SMILES string of the molecule is Cc1cc(C)c(NC(=O)N(CCN(C)C)Cc2cccnc2)c(C)c1. The molecule has 1 aromatic heterocycles. The highest BCUT2D eigenvalue weighted by molar-refractivity contribution is 5.91. The first kappa shape index (κ1) is 18.9. The largest absolute Gasteiger partial charge is 0.322 e. The maximum absolute atomic E-state index is 12.9. The summed E-state index contributed by atoms with van der Waals surface area (Å²) in [6, 6.07) is 7.99. The minimum absolute atomic E-state index is 0.0826. The fraction of sp³-hybridized carbons (Fsp3) is 0.400. The number of hydrogen-bond donors (Lipinski definition) is 1. The molecular formula is C20H28N4O. The van der Waals surface area contributed by atoms with Crippen molar-refractivity contribution in [3.05, 3.63) is 58.9 Å². The van der Waals surface area contributed by atoms with Gasteiger partial charge in [0, 0.05) is 37.7 Å². The molecule has 2 aromatic rings. The first-order valence-electron chi connectivity index (χ1n) is 8.54. The van der Waals surface area contributed by atoms with Gasteiger partial charge in [-0.15, -0.1) is 0 Å². The first-order valence-corrected chi connectivity index (χ1v) is 8.54. The number of pyridine rings is 1. The Morgan fingerprint density at radius 2 is 1.80 bits per heavy atom. The van der Waals surface area contributed by atoms with Crippen molar-refractivity contribution in [2.75, 3.05) is 32.5 Å². The number of urea groups is 1. The minimum Gasteiger partial charge on any atom is -0.319 e. The molecule has 2 rings (SSSR count). The highest BCUT2D eigenvalue weighted by atomic mass is 16.2. The van der Waals surface area contributed by atoms with Gasteiger partial charge in [0.05, 0.1) is 0 Å². The molecule has 1 aromatic carbocycles. The Hall–Kier alpha value is -2.40. The van der Waals surface area contributed by atoms with Gasteiger partial charge in [0.15, 0.2) is 0 Å². The van der Waals surface area contributed by atoms with Gasteiger partial charge in [-0.25, -0.2) is 4.79 Å². The van der Waals surface area contributed by atoms with Crippen molar-refractivity contribution >= 4 is 11.7 Å². The van der Waals surface area contributed by atoms with E-state index in [4.69, 9.17) is 0 Å². The van der Waals surface area contributed by atoms with Crippen LogP contribution in [0.3, 0.4) is 0 Å². The monoisotopic (exact) mass is 340 g/mol. The maximum Gasteiger partial charge on any atom is 0.322 e. The molecule has 0 unspecified atom stereocenters. The van der Waals surface area contributed by atoms with Crippen LogP contribution in [-0.2, 0) is 6.54 Å². The van der Waals surface area contributed by atoms with Crippen LogP contribution in [0.4, 0.5) is 10.5 Å². The molecule has 0 aliphatic heterocycles. The molecule has 0 saturated heterocycles. The van der Waals surface area contributed by atoms with Gasteiger partial charge in [0.25, 0.3) is 0 Å². The number of carbonyl (C=O) groups is 1. The third-order valence-electron chi connectivity index (χ3n) is 4.11. The van der Waals surface area contributed by atoms with Crippen molar-refractivity contribution in [2.24, 2.45) is 0 Å². The Labute approximate surface area is 150 Å². The second-order valence-corrected chi connectivity index (χ2v) is 6.79. The molecule has 0 spiro atoms. The number of aryl methyl sites for hydroxylation is 3. The lowest BCUT2D eigenvalue weighted by Crippen LogP contribution is -2.39. The van der Waals surface area contributed by atoms with Crippen molar-refractivity contribution in [2.45, 2.75) is 27.3 Å².